The molecule has 26 heavy (non-hydrogen) atoms. The molecule has 0 saturated carbocycles. The molecule has 2 heterocycles. The molecule has 1 aliphatic heterocycles. The monoisotopic (exact) mass is 359 g/mol. The lowest BCUT2D eigenvalue weighted by Crippen LogP contribution is -2.50. The number of piperazine rings is 1. The molecule has 2 aromatic rings. The van der Waals surface area contributed by atoms with Gasteiger partial charge in [-0.3, -0.25) is 9.59 Å². The number of esters is 1. The average molecular weight is 359 g/mol. The van der Waals surface area contributed by atoms with E-state index < -0.39 is 18.1 Å². The van der Waals surface area contributed by atoms with Crippen LogP contribution in [0.4, 0.5) is 10.1 Å². The maximum Gasteiger partial charge on any atom is 0.344 e. The zero-order chi connectivity index (χ0) is 18.5. The molecular weight excluding hydrogens is 341 g/mol. The van der Waals surface area contributed by atoms with E-state index in [-0.39, 0.29) is 17.3 Å². The Morgan fingerprint density at radius 1 is 1.08 bits per heavy atom. The summed E-state index contributed by atoms with van der Waals surface area (Å²) in [7, 11) is 0. The Bertz CT molecular complexity index is 859. The number of para-hydroxylation sites is 1. The van der Waals surface area contributed by atoms with Gasteiger partial charge < -0.3 is 19.5 Å². The molecule has 0 bridgehead atoms. The number of nitrogens with one attached hydrogen (secondary N) is 1. The number of pyridine rings is 1. The number of hydrogen-bond donors (Lipinski definition) is 1. The highest BCUT2D eigenvalue weighted by Gasteiger charge is 2.24. The number of ether oxygens (including phenoxy) is 1. The third kappa shape index (κ3) is 3.90. The lowest BCUT2D eigenvalue weighted by atomic mass is 10.2. The Labute approximate surface area is 149 Å². The van der Waals surface area contributed by atoms with Crippen molar-refractivity contribution in [3.05, 3.63) is 64.3 Å². The van der Waals surface area contributed by atoms with Gasteiger partial charge in [0.1, 0.15) is 11.4 Å². The van der Waals surface area contributed by atoms with Crippen molar-refractivity contribution in [2.24, 2.45) is 0 Å². The molecular formula is C18H18FN3O4. The SMILES string of the molecule is O=C(OCC(=O)N1CCN(c2ccccc2F)CC1)c1ccc[nH]c1=O. The van der Waals surface area contributed by atoms with Crippen LogP contribution in [0, 0.1) is 5.82 Å². The summed E-state index contributed by atoms with van der Waals surface area (Å²) in [6.07, 6.45) is 1.40. The van der Waals surface area contributed by atoms with Crippen molar-refractivity contribution < 1.29 is 18.7 Å². The Kier molecular flexibility index (Phi) is 5.31. The number of benzene rings is 1. The first-order valence-corrected chi connectivity index (χ1v) is 8.18. The Morgan fingerprint density at radius 3 is 2.50 bits per heavy atom. The summed E-state index contributed by atoms with van der Waals surface area (Å²) >= 11 is 0. The summed E-state index contributed by atoms with van der Waals surface area (Å²) in [6, 6.07) is 9.33. The molecule has 8 heteroatoms. The van der Waals surface area contributed by atoms with E-state index in [9.17, 15) is 18.8 Å². The Morgan fingerprint density at radius 2 is 1.81 bits per heavy atom. The van der Waals surface area contributed by atoms with Crippen LogP contribution >= 0.6 is 0 Å². The van der Waals surface area contributed by atoms with E-state index in [2.05, 4.69) is 4.98 Å². The van der Waals surface area contributed by atoms with Crippen molar-refractivity contribution in [1.82, 2.24) is 9.88 Å². The lowest BCUT2D eigenvalue weighted by Gasteiger charge is -2.36. The van der Waals surface area contributed by atoms with E-state index >= 15 is 0 Å². The maximum absolute atomic E-state index is 13.8. The minimum absolute atomic E-state index is 0.148. The van der Waals surface area contributed by atoms with Crippen LogP contribution in [0.2, 0.25) is 0 Å². The molecule has 1 aliphatic rings. The third-order valence-electron chi connectivity index (χ3n) is 4.19. The predicted molar refractivity (Wildman–Crippen MR) is 92.5 cm³/mol. The van der Waals surface area contributed by atoms with Crippen molar-refractivity contribution in [3.63, 3.8) is 0 Å². The van der Waals surface area contributed by atoms with Gasteiger partial charge in [-0.15, -0.1) is 0 Å². The molecule has 1 aromatic heterocycles. The summed E-state index contributed by atoms with van der Waals surface area (Å²) < 4.78 is 18.8. The highest BCUT2D eigenvalue weighted by Crippen LogP contribution is 2.20. The number of rotatable bonds is 4. The van der Waals surface area contributed by atoms with Crippen molar-refractivity contribution >= 4 is 17.6 Å². The molecule has 1 amide bonds. The van der Waals surface area contributed by atoms with Crippen LogP contribution in [0.15, 0.2) is 47.4 Å². The first-order valence-electron chi connectivity index (χ1n) is 8.18. The zero-order valence-electron chi connectivity index (χ0n) is 14.0. The van der Waals surface area contributed by atoms with E-state index in [1.165, 1.54) is 24.4 Å². The quantitative estimate of drug-likeness (QED) is 0.824. The van der Waals surface area contributed by atoms with Crippen molar-refractivity contribution in [2.45, 2.75) is 0 Å². The largest absolute Gasteiger partial charge is 0.452 e. The number of aromatic nitrogens is 1. The fraction of sp³-hybridized carbons (Fsp3) is 0.278. The summed E-state index contributed by atoms with van der Waals surface area (Å²) in [5.74, 6) is -1.49. The fourth-order valence-electron chi connectivity index (χ4n) is 2.78. The van der Waals surface area contributed by atoms with Crippen molar-refractivity contribution in [1.29, 1.82) is 0 Å². The van der Waals surface area contributed by atoms with Gasteiger partial charge in [-0.2, -0.15) is 0 Å². The molecule has 0 atom stereocenters. The predicted octanol–water partition coefficient (Wildman–Crippen LogP) is 1.02. The summed E-state index contributed by atoms with van der Waals surface area (Å²) in [5.41, 5.74) is -0.206. The molecule has 1 N–H and O–H groups in total. The summed E-state index contributed by atoms with van der Waals surface area (Å²) in [5, 5.41) is 0. The van der Waals surface area contributed by atoms with E-state index in [4.69, 9.17) is 4.74 Å². The second-order valence-corrected chi connectivity index (χ2v) is 5.81. The molecule has 7 nitrogen and oxygen atoms in total. The van der Waals surface area contributed by atoms with Crippen molar-refractivity contribution in [2.75, 3.05) is 37.7 Å². The molecule has 0 spiro atoms. The van der Waals surface area contributed by atoms with E-state index in [0.717, 1.165) is 0 Å². The average Bonchev–Trinajstić information content (AvgIpc) is 2.67. The first kappa shape index (κ1) is 17.7. The number of halogens is 1. The van der Waals surface area contributed by atoms with E-state index in [1.54, 1.807) is 23.1 Å². The normalized spacial score (nSPS) is 14.2. The van der Waals surface area contributed by atoms with Gasteiger partial charge in [0, 0.05) is 32.4 Å². The number of hydrogen-bond acceptors (Lipinski definition) is 5. The second-order valence-electron chi connectivity index (χ2n) is 5.81. The van der Waals surface area contributed by atoms with Crippen LogP contribution in [-0.2, 0) is 9.53 Å². The van der Waals surface area contributed by atoms with Crippen LogP contribution in [0.1, 0.15) is 10.4 Å². The molecule has 0 aliphatic carbocycles. The van der Waals surface area contributed by atoms with Crippen LogP contribution in [0.3, 0.4) is 0 Å². The number of anilines is 1. The van der Waals surface area contributed by atoms with Gasteiger partial charge >= 0.3 is 5.97 Å². The molecule has 1 aromatic carbocycles. The Balaban J connectivity index is 1.51. The standard InChI is InChI=1S/C18H18FN3O4/c19-14-5-1-2-6-15(14)21-8-10-22(11-9-21)16(23)12-26-18(25)13-4-3-7-20-17(13)24/h1-7H,8-12H2,(H,20,24). The smallest absolute Gasteiger partial charge is 0.344 e. The third-order valence-corrected chi connectivity index (χ3v) is 4.19. The van der Waals surface area contributed by atoms with Gasteiger partial charge in [-0.1, -0.05) is 12.1 Å². The topological polar surface area (TPSA) is 82.7 Å². The Hall–Kier alpha value is -3.16. The van der Waals surface area contributed by atoms with Gasteiger partial charge in [0.15, 0.2) is 6.61 Å². The zero-order valence-corrected chi connectivity index (χ0v) is 14.0. The van der Waals surface area contributed by atoms with Crippen molar-refractivity contribution in [3.8, 4) is 0 Å². The van der Waals surface area contributed by atoms with Gasteiger partial charge in [-0.05, 0) is 24.3 Å². The van der Waals surface area contributed by atoms with Crippen LogP contribution in [0.5, 0.6) is 0 Å². The highest BCUT2D eigenvalue weighted by molar-refractivity contribution is 5.90. The number of nitrogens with zero attached hydrogens (tertiary/aromatic N) is 2. The lowest BCUT2D eigenvalue weighted by molar-refractivity contribution is -0.134. The van der Waals surface area contributed by atoms with Gasteiger partial charge in [0.05, 0.1) is 5.69 Å². The van der Waals surface area contributed by atoms with E-state index in [1.807, 2.05) is 4.90 Å². The van der Waals surface area contributed by atoms with Crippen LogP contribution in [-0.4, -0.2) is 54.5 Å². The molecule has 0 radical (unpaired) electrons. The van der Waals surface area contributed by atoms with E-state index in [0.29, 0.717) is 31.9 Å². The van der Waals surface area contributed by atoms with Gasteiger partial charge in [-0.25, -0.2) is 9.18 Å². The molecule has 0 unspecified atom stereocenters. The molecule has 1 fully saturated rings. The van der Waals surface area contributed by atoms with Gasteiger partial charge in [0.25, 0.3) is 11.5 Å². The number of aromatic amines is 1. The molecule has 136 valence electrons. The van der Waals surface area contributed by atoms with Crippen LogP contribution in [0.25, 0.3) is 0 Å². The molecule has 1 saturated heterocycles. The maximum atomic E-state index is 13.8. The number of carbonyl (C=O) groups is 2. The summed E-state index contributed by atoms with van der Waals surface area (Å²) in [6.45, 7) is 1.33. The number of amides is 1. The minimum atomic E-state index is -0.842. The minimum Gasteiger partial charge on any atom is -0.452 e. The summed E-state index contributed by atoms with van der Waals surface area (Å²) in [4.78, 5) is 41.4. The van der Waals surface area contributed by atoms with Crippen LogP contribution < -0.4 is 10.5 Å². The number of carbonyl (C=O) groups excluding carboxylic acids is 2. The number of H-pyrrole nitrogens is 1. The first-order chi connectivity index (χ1) is 12.6. The second kappa shape index (κ2) is 7.81. The fourth-order valence-corrected chi connectivity index (χ4v) is 2.78. The highest BCUT2D eigenvalue weighted by atomic mass is 19.1. The van der Waals surface area contributed by atoms with Gasteiger partial charge in [0.2, 0.25) is 0 Å². The molecule has 3 rings (SSSR count).